The first-order valence-electron chi connectivity index (χ1n) is 6.11. The Bertz CT molecular complexity index is 479. The van der Waals surface area contributed by atoms with Crippen molar-refractivity contribution in [3.8, 4) is 0 Å². The highest BCUT2D eigenvalue weighted by Crippen LogP contribution is 2.27. The van der Waals surface area contributed by atoms with E-state index in [4.69, 9.17) is 16.0 Å². The molecule has 0 aromatic carbocycles. The van der Waals surface area contributed by atoms with E-state index in [1.54, 1.807) is 0 Å². The number of nitrogens with two attached hydrogens (primary N) is 2. The molecule has 1 aromatic rings. The Labute approximate surface area is 130 Å². The first-order valence-corrected chi connectivity index (χ1v) is 8.48. The topological polar surface area (TPSA) is 118 Å². The van der Waals surface area contributed by atoms with Crippen LogP contribution in [0.4, 0.5) is 0 Å². The molecule has 0 aliphatic heterocycles. The van der Waals surface area contributed by atoms with Crippen LogP contribution in [0.25, 0.3) is 0 Å². The van der Waals surface area contributed by atoms with Crippen molar-refractivity contribution < 1.29 is 13.6 Å². The number of hydrogen-bond acceptors (Lipinski definition) is 6. The molecule has 20 heavy (non-hydrogen) atoms. The van der Waals surface area contributed by atoms with Crippen LogP contribution in [0.5, 0.6) is 0 Å². The van der Waals surface area contributed by atoms with Crippen LogP contribution in [0.15, 0.2) is 15.2 Å². The SMILES string of the molecule is NCCCCC(N)C(=O)NCc1sc(S(=O)O)cc1S. The van der Waals surface area contributed by atoms with Gasteiger partial charge in [0.1, 0.15) is 4.21 Å². The summed E-state index contributed by atoms with van der Waals surface area (Å²) in [5.41, 5.74) is 11.1. The van der Waals surface area contributed by atoms with Gasteiger partial charge in [-0.2, -0.15) is 0 Å². The first kappa shape index (κ1) is 17.6. The van der Waals surface area contributed by atoms with Crippen LogP contribution >= 0.6 is 24.0 Å². The van der Waals surface area contributed by atoms with Gasteiger partial charge in [0.2, 0.25) is 5.91 Å². The Kier molecular flexibility index (Phi) is 7.70. The number of thiol groups is 1. The molecule has 0 fully saturated rings. The lowest BCUT2D eigenvalue weighted by molar-refractivity contribution is -0.122. The predicted molar refractivity (Wildman–Crippen MR) is 83.3 cm³/mol. The largest absolute Gasteiger partial charge is 0.350 e. The number of carbonyl (C=O) groups excluding carboxylic acids is 1. The summed E-state index contributed by atoms with van der Waals surface area (Å²) in [6.07, 6.45) is 2.25. The number of rotatable bonds is 8. The Morgan fingerprint density at radius 3 is 2.80 bits per heavy atom. The molecule has 0 radical (unpaired) electrons. The number of amides is 1. The molecule has 1 heterocycles. The minimum atomic E-state index is -2.03. The van der Waals surface area contributed by atoms with Gasteiger partial charge >= 0.3 is 0 Å². The minimum absolute atomic E-state index is 0.241. The van der Waals surface area contributed by atoms with Gasteiger partial charge in [-0.25, -0.2) is 4.21 Å². The molecule has 2 atom stereocenters. The molecule has 0 aliphatic carbocycles. The molecule has 2 unspecified atom stereocenters. The lowest BCUT2D eigenvalue weighted by atomic mass is 10.1. The van der Waals surface area contributed by atoms with Crippen molar-refractivity contribution in [2.45, 2.75) is 41.0 Å². The van der Waals surface area contributed by atoms with Crippen LogP contribution in [-0.2, 0) is 22.4 Å². The van der Waals surface area contributed by atoms with Crippen LogP contribution in [0.2, 0.25) is 0 Å². The maximum absolute atomic E-state index is 11.8. The van der Waals surface area contributed by atoms with E-state index >= 15 is 0 Å². The highest BCUT2D eigenvalue weighted by atomic mass is 32.2. The molecule has 114 valence electrons. The number of hydrogen-bond donors (Lipinski definition) is 5. The van der Waals surface area contributed by atoms with Crippen LogP contribution < -0.4 is 16.8 Å². The van der Waals surface area contributed by atoms with Crippen molar-refractivity contribution in [2.24, 2.45) is 11.5 Å². The van der Waals surface area contributed by atoms with Crippen molar-refractivity contribution in [1.29, 1.82) is 0 Å². The molecule has 1 rings (SSSR count). The van der Waals surface area contributed by atoms with Crippen LogP contribution in [-0.4, -0.2) is 27.3 Å². The molecular weight excluding hydrogens is 318 g/mol. The zero-order chi connectivity index (χ0) is 15.1. The van der Waals surface area contributed by atoms with Crippen LogP contribution in [0.3, 0.4) is 0 Å². The summed E-state index contributed by atoms with van der Waals surface area (Å²) in [7, 11) is 0. The molecular formula is C11H19N3O3S3. The molecule has 0 aliphatic rings. The molecule has 0 saturated heterocycles. The van der Waals surface area contributed by atoms with Crippen LogP contribution in [0, 0.1) is 0 Å². The van der Waals surface area contributed by atoms with Gasteiger partial charge in [0.25, 0.3) is 0 Å². The van der Waals surface area contributed by atoms with Gasteiger partial charge in [-0.15, -0.1) is 24.0 Å². The second kappa shape index (κ2) is 8.75. The Morgan fingerprint density at radius 2 is 2.25 bits per heavy atom. The van der Waals surface area contributed by atoms with Gasteiger partial charge in [0.05, 0.1) is 12.6 Å². The fourth-order valence-corrected chi connectivity index (χ4v) is 3.60. The van der Waals surface area contributed by atoms with E-state index in [1.807, 2.05) is 0 Å². The quantitative estimate of drug-likeness (QED) is 0.272. The molecule has 1 amide bonds. The average molecular weight is 337 g/mol. The fraction of sp³-hybridized carbons (Fsp3) is 0.545. The van der Waals surface area contributed by atoms with E-state index < -0.39 is 17.1 Å². The van der Waals surface area contributed by atoms with Gasteiger partial charge in [0.15, 0.2) is 11.1 Å². The van der Waals surface area contributed by atoms with E-state index in [2.05, 4.69) is 17.9 Å². The van der Waals surface area contributed by atoms with E-state index in [9.17, 15) is 9.00 Å². The number of unbranched alkanes of at least 4 members (excludes halogenated alkanes) is 1. The number of thiophene rings is 1. The first-order chi connectivity index (χ1) is 9.45. The Morgan fingerprint density at radius 1 is 1.55 bits per heavy atom. The third-order valence-corrected chi connectivity index (χ3v) is 5.29. The smallest absolute Gasteiger partial charge is 0.237 e. The highest BCUT2D eigenvalue weighted by Gasteiger charge is 2.15. The second-order valence-corrected chi connectivity index (χ2v) is 7.05. The van der Waals surface area contributed by atoms with Crippen molar-refractivity contribution >= 4 is 41.0 Å². The molecule has 1 aromatic heterocycles. The van der Waals surface area contributed by atoms with E-state index in [-0.39, 0.29) is 12.5 Å². The molecule has 9 heteroatoms. The van der Waals surface area contributed by atoms with Gasteiger partial charge in [-0.3, -0.25) is 4.79 Å². The standard InChI is InChI=1S/C11H19N3O3S3/c12-4-2-1-3-7(13)11(15)14-6-9-8(18)5-10(19-9)20(16)17/h5,7,18H,1-4,6,12-13H2,(H,14,15)(H,16,17). The second-order valence-electron chi connectivity index (χ2n) is 4.23. The van der Waals surface area contributed by atoms with Gasteiger partial charge in [-0.05, 0) is 25.5 Å². The van der Waals surface area contributed by atoms with Crippen molar-refractivity contribution in [3.05, 3.63) is 10.9 Å². The summed E-state index contributed by atoms with van der Waals surface area (Å²) < 4.78 is 20.2. The molecule has 6 nitrogen and oxygen atoms in total. The van der Waals surface area contributed by atoms with E-state index in [0.29, 0.717) is 22.1 Å². The normalized spacial score (nSPS) is 14.0. The lowest BCUT2D eigenvalue weighted by Gasteiger charge is -2.11. The minimum Gasteiger partial charge on any atom is -0.350 e. The van der Waals surface area contributed by atoms with Crippen molar-refractivity contribution in [3.63, 3.8) is 0 Å². The summed E-state index contributed by atoms with van der Waals surface area (Å²) in [6.45, 7) is 0.845. The highest BCUT2D eigenvalue weighted by molar-refractivity contribution is 7.82. The van der Waals surface area contributed by atoms with Gasteiger partial charge in [0, 0.05) is 9.77 Å². The lowest BCUT2D eigenvalue weighted by Crippen LogP contribution is -2.40. The van der Waals surface area contributed by atoms with Gasteiger partial charge < -0.3 is 21.3 Å². The van der Waals surface area contributed by atoms with E-state index in [1.165, 1.54) is 6.07 Å². The van der Waals surface area contributed by atoms with Gasteiger partial charge in [-0.1, -0.05) is 6.42 Å². The summed E-state index contributed by atoms with van der Waals surface area (Å²) >= 11 is 3.32. The molecule has 6 N–H and O–H groups in total. The monoisotopic (exact) mass is 337 g/mol. The summed E-state index contributed by atoms with van der Waals surface area (Å²) in [5.74, 6) is -0.241. The fourth-order valence-electron chi connectivity index (χ4n) is 1.55. The molecule has 0 bridgehead atoms. The molecule has 0 saturated carbocycles. The van der Waals surface area contributed by atoms with Crippen LogP contribution in [0.1, 0.15) is 24.1 Å². The Balaban J connectivity index is 2.46. The maximum atomic E-state index is 11.8. The number of carbonyl (C=O) groups is 1. The third kappa shape index (κ3) is 5.51. The summed E-state index contributed by atoms with van der Waals surface area (Å²) in [4.78, 5) is 13.1. The van der Waals surface area contributed by atoms with Crippen molar-refractivity contribution in [2.75, 3.05) is 6.54 Å². The third-order valence-electron chi connectivity index (χ3n) is 2.67. The Hall–Kier alpha value is -0.450. The zero-order valence-corrected chi connectivity index (χ0v) is 13.4. The predicted octanol–water partition coefficient (Wildman–Crippen LogP) is 0.690. The zero-order valence-electron chi connectivity index (χ0n) is 10.9. The van der Waals surface area contributed by atoms with E-state index in [0.717, 1.165) is 29.1 Å². The maximum Gasteiger partial charge on any atom is 0.237 e. The average Bonchev–Trinajstić information content (AvgIpc) is 2.77. The number of nitrogens with one attached hydrogen (secondary N) is 1. The summed E-state index contributed by atoms with van der Waals surface area (Å²) in [6, 6.07) is 0.961. The summed E-state index contributed by atoms with van der Waals surface area (Å²) in [5, 5.41) is 2.70. The molecule has 0 spiro atoms. The van der Waals surface area contributed by atoms with Crippen molar-refractivity contribution in [1.82, 2.24) is 5.32 Å².